The van der Waals surface area contributed by atoms with Gasteiger partial charge in [0.15, 0.2) is 0 Å². The molecule has 0 saturated carbocycles. The predicted molar refractivity (Wildman–Crippen MR) is 130 cm³/mol. The van der Waals surface area contributed by atoms with E-state index >= 15 is 0 Å². The first kappa shape index (κ1) is 26.0. The number of carbonyl (C=O) groups is 2. The third-order valence-corrected chi connectivity index (χ3v) is 6.46. The molecule has 4 nitrogen and oxygen atoms in total. The van der Waals surface area contributed by atoms with Crippen molar-refractivity contribution in [2.75, 3.05) is 13.1 Å². The summed E-state index contributed by atoms with van der Waals surface area (Å²) >= 11 is 1.63. The number of unbranched alkanes of at least 4 members (excludes halogenated alkanes) is 3. The Morgan fingerprint density at radius 2 is 1.69 bits per heavy atom. The maximum Gasteiger partial charge on any atom is 0.242 e. The zero-order valence-electron chi connectivity index (χ0n) is 19.9. The van der Waals surface area contributed by atoms with Crippen LogP contribution < -0.4 is 0 Å². The first-order chi connectivity index (χ1) is 15.3. The number of halogens is 1. The van der Waals surface area contributed by atoms with Gasteiger partial charge < -0.3 is 9.80 Å². The molecule has 0 N–H and O–H groups in total. The molecule has 32 heavy (non-hydrogen) atoms. The van der Waals surface area contributed by atoms with Crippen LogP contribution in [0.4, 0.5) is 4.39 Å². The predicted octanol–water partition coefficient (Wildman–Crippen LogP) is 6.18. The maximum absolute atomic E-state index is 13.4. The lowest BCUT2D eigenvalue weighted by molar-refractivity contribution is -0.141. The van der Waals surface area contributed by atoms with Crippen LogP contribution in [-0.4, -0.2) is 34.7 Å². The number of benzene rings is 1. The second kappa shape index (κ2) is 13.4. The van der Waals surface area contributed by atoms with E-state index in [2.05, 4.69) is 20.8 Å². The minimum Gasteiger partial charge on any atom is -0.333 e. The number of rotatable bonds is 13. The quantitative estimate of drug-likeness (QED) is 0.335. The van der Waals surface area contributed by atoms with Crippen molar-refractivity contribution in [2.24, 2.45) is 5.92 Å². The monoisotopic (exact) mass is 460 g/mol. The van der Waals surface area contributed by atoms with Crippen molar-refractivity contribution in [3.05, 3.63) is 57.5 Å². The molecule has 0 spiro atoms. The van der Waals surface area contributed by atoms with E-state index in [-0.39, 0.29) is 30.1 Å². The topological polar surface area (TPSA) is 40.6 Å². The molecule has 2 amide bonds. The third kappa shape index (κ3) is 8.73. The molecule has 0 radical (unpaired) electrons. The van der Waals surface area contributed by atoms with Crippen molar-refractivity contribution < 1.29 is 14.0 Å². The zero-order chi connectivity index (χ0) is 23.5. The van der Waals surface area contributed by atoms with Gasteiger partial charge in [0.2, 0.25) is 11.8 Å². The van der Waals surface area contributed by atoms with Crippen LogP contribution in [0, 0.1) is 18.7 Å². The first-order valence-electron chi connectivity index (χ1n) is 11.6. The standard InChI is InChI=1S/C26H37FN2O2S/c1-5-6-7-8-9-25(30)28(16-20(2)3)19-26(31)29(18-24-21(4)14-15-32-24)17-22-10-12-23(27)13-11-22/h10-15,20H,5-9,16-19H2,1-4H3. The van der Waals surface area contributed by atoms with Crippen molar-refractivity contribution >= 4 is 23.2 Å². The van der Waals surface area contributed by atoms with Crippen LogP contribution in [0.3, 0.4) is 0 Å². The summed E-state index contributed by atoms with van der Waals surface area (Å²) in [6.45, 7) is 9.84. The number of hydrogen-bond donors (Lipinski definition) is 0. The van der Waals surface area contributed by atoms with Crippen molar-refractivity contribution in [3.63, 3.8) is 0 Å². The third-order valence-electron chi connectivity index (χ3n) is 5.45. The molecule has 176 valence electrons. The minimum atomic E-state index is -0.294. The van der Waals surface area contributed by atoms with Gasteiger partial charge >= 0.3 is 0 Å². The molecule has 0 unspecified atom stereocenters. The number of thiophene rings is 1. The summed E-state index contributed by atoms with van der Waals surface area (Å²) in [6.07, 6.45) is 4.65. The van der Waals surface area contributed by atoms with Crippen LogP contribution in [0.5, 0.6) is 0 Å². The highest BCUT2D eigenvalue weighted by Crippen LogP contribution is 2.20. The molecule has 0 atom stereocenters. The summed E-state index contributed by atoms with van der Waals surface area (Å²) in [6, 6.07) is 8.30. The molecule has 0 fully saturated rings. The van der Waals surface area contributed by atoms with E-state index in [4.69, 9.17) is 0 Å². The Morgan fingerprint density at radius 3 is 2.28 bits per heavy atom. The molecule has 6 heteroatoms. The van der Waals surface area contributed by atoms with E-state index in [9.17, 15) is 14.0 Å². The normalized spacial score (nSPS) is 11.1. The lowest BCUT2D eigenvalue weighted by Gasteiger charge is -2.29. The molecule has 1 aromatic heterocycles. The van der Waals surface area contributed by atoms with Crippen molar-refractivity contribution in [1.82, 2.24) is 9.80 Å². The highest BCUT2D eigenvalue weighted by molar-refractivity contribution is 7.10. The number of aryl methyl sites for hydroxylation is 1. The van der Waals surface area contributed by atoms with Gasteiger partial charge in [-0.1, -0.05) is 52.2 Å². The highest BCUT2D eigenvalue weighted by Gasteiger charge is 2.23. The second-order valence-electron chi connectivity index (χ2n) is 8.88. The summed E-state index contributed by atoms with van der Waals surface area (Å²) in [4.78, 5) is 30.9. The minimum absolute atomic E-state index is 0.0530. The first-order valence-corrected chi connectivity index (χ1v) is 12.5. The summed E-state index contributed by atoms with van der Waals surface area (Å²) in [7, 11) is 0. The van der Waals surface area contributed by atoms with Crippen LogP contribution in [0.2, 0.25) is 0 Å². The molecule has 0 aliphatic carbocycles. The van der Waals surface area contributed by atoms with Gasteiger partial charge in [-0.3, -0.25) is 9.59 Å². The summed E-state index contributed by atoms with van der Waals surface area (Å²) < 4.78 is 13.4. The summed E-state index contributed by atoms with van der Waals surface area (Å²) in [5.41, 5.74) is 2.02. The number of nitrogens with zero attached hydrogens (tertiary/aromatic N) is 2. The van der Waals surface area contributed by atoms with Crippen LogP contribution in [0.15, 0.2) is 35.7 Å². The van der Waals surface area contributed by atoms with Gasteiger partial charge in [-0.2, -0.15) is 0 Å². The van der Waals surface area contributed by atoms with E-state index in [0.717, 1.165) is 41.7 Å². The number of hydrogen-bond acceptors (Lipinski definition) is 3. The van der Waals surface area contributed by atoms with E-state index in [1.165, 1.54) is 12.1 Å². The Bertz CT molecular complexity index is 848. The zero-order valence-corrected chi connectivity index (χ0v) is 20.7. The smallest absolute Gasteiger partial charge is 0.242 e. The molecule has 0 bridgehead atoms. The van der Waals surface area contributed by atoms with Crippen molar-refractivity contribution in [1.29, 1.82) is 0 Å². The molecule has 1 heterocycles. The molecular formula is C26H37FN2O2S. The summed E-state index contributed by atoms with van der Waals surface area (Å²) in [5, 5.41) is 2.02. The van der Waals surface area contributed by atoms with Gasteiger partial charge in [0.05, 0.1) is 13.1 Å². The molecular weight excluding hydrogens is 423 g/mol. The molecule has 0 aliphatic heterocycles. The van der Waals surface area contributed by atoms with Gasteiger partial charge in [-0.15, -0.1) is 11.3 Å². The highest BCUT2D eigenvalue weighted by atomic mass is 32.1. The fourth-order valence-corrected chi connectivity index (χ4v) is 4.52. The largest absolute Gasteiger partial charge is 0.333 e. The van der Waals surface area contributed by atoms with E-state index in [0.29, 0.717) is 26.1 Å². The summed E-state index contributed by atoms with van der Waals surface area (Å²) in [5.74, 6) is -0.0353. The van der Waals surface area contributed by atoms with Crippen LogP contribution in [-0.2, 0) is 22.7 Å². The Morgan fingerprint density at radius 1 is 0.969 bits per heavy atom. The van der Waals surface area contributed by atoms with Gasteiger partial charge in [0.1, 0.15) is 5.82 Å². The Balaban J connectivity index is 2.13. The van der Waals surface area contributed by atoms with E-state index < -0.39 is 0 Å². The van der Waals surface area contributed by atoms with Gasteiger partial charge in [0.25, 0.3) is 0 Å². The number of amides is 2. The van der Waals surface area contributed by atoms with Crippen molar-refractivity contribution in [2.45, 2.75) is 72.9 Å². The second-order valence-corrected chi connectivity index (χ2v) is 9.88. The van der Waals surface area contributed by atoms with E-state index in [1.54, 1.807) is 33.3 Å². The number of carbonyl (C=O) groups excluding carboxylic acids is 2. The lowest BCUT2D eigenvalue weighted by atomic mass is 10.1. The Kier molecular flexibility index (Phi) is 10.9. The molecule has 2 aromatic rings. The molecule has 1 aromatic carbocycles. The molecule has 0 saturated heterocycles. The Hall–Kier alpha value is -2.21. The molecule has 2 rings (SSSR count). The van der Waals surface area contributed by atoms with Gasteiger partial charge in [0, 0.05) is 24.4 Å². The van der Waals surface area contributed by atoms with Crippen LogP contribution in [0.25, 0.3) is 0 Å². The van der Waals surface area contributed by atoms with Gasteiger partial charge in [-0.05, 0) is 54.0 Å². The fraction of sp³-hybridized carbons (Fsp3) is 0.538. The average Bonchev–Trinajstić information content (AvgIpc) is 3.15. The van der Waals surface area contributed by atoms with Crippen LogP contribution in [0.1, 0.15) is 68.9 Å². The van der Waals surface area contributed by atoms with Crippen LogP contribution >= 0.6 is 11.3 Å². The average molecular weight is 461 g/mol. The fourth-order valence-electron chi connectivity index (χ4n) is 3.60. The van der Waals surface area contributed by atoms with Gasteiger partial charge in [-0.25, -0.2) is 4.39 Å². The van der Waals surface area contributed by atoms with E-state index in [1.807, 2.05) is 18.4 Å². The maximum atomic E-state index is 13.4. The Labute approximate surface area is 196 Å². The van der Waals surface area contributed by atoms with Crippen molar-refractivity contribution in [3.8, 4) is 0 Å². The SMILES string of the molecule is CCCCCCC(=O)N(CC(=O)N(Cc1ccc(F)cc1)Cc1sccc1C)CC(C)C. The molecule has 0 aliphatic rings. The lowest BCUT2D eigenvalue weighted by Crippen LogP contribution is -2.43.